The third kappa shape index (κ3) is 4.79. The van der Waals surface area contributed by atoms with Crippen LogP contribution in [0.3, 0.4) is 0 Å². The van der Waals surface area contributed by atoms with E-state index in [4.69, 9.17) is 15.2 Å². The van der Waals surface area contributed by atoms with E-state index in [1.54, 1.807) is 44.4 Å². The van der Waals surface area contributed by atoms with E-state index in [2.05, 4.69) is 0 Å². The number of nitrogens with zero attached hydrogens (tertiary/aromatic N) is 3. The molecule has 0 spiro atoms. The van der Waals surface area contributed by atoms with Crippen LogP contribution in [0.4, 0.5) is 15.8 Å². The quantitative estimate of drug-likeness (QED) is 0.493. The van der Waals surface area contributed by atoms with E-state index < -0.39 is 44.3 Å². The SMILES string of the molecule is CNS(=O)(=O)c1cc(N2C(N)=C(C#N)C(c3ccccc3)C(C(=O)OC)=C2C(=O)OC)c(N(C)C)cc1F. The summed E-state index contributed by atoms with van der Waals surface area (Å²) in [7, 11) is 2.07. The maximum Gasteiger partial charge on any atom is 0.355 e. The Hall–Kier alpha value is -4.41. The summed E-state index contributed by atoms with van der Waals surface area (Å²) in [4.78, 5) is 28.2. The first-order chi connectivity index (χ1) is 17.9. The van der Waals surface area contributed by atoms with Gasteiger partial charge in [-0.25, -0.2) is 27.1 Å². The smallest absolute Gasteiger partial charge is 0.355 e. The zero-order chi connectivity index (χ0) is 28.4. The number of nitrogens with one attached hydrogen (secondary N) is 1. The molecule has 0 aliphatic carbocycles. The standard InChI is InChI=1S/C25H26FN5O6S/c1-29-38(34,35)19-12-18(17(30(2)3)11-16(19)26)31-22(25(33)37-5)21(24(32)36-4)20(15(13-27)23(31)28)14-9-7-6-8-10-14/h6-12,20,29H,28H2,1-5H3. The van der Waals surface area contributed by atoms with Gasteiger partial charge in [0.25, 0.3) is 0 Å². The van der Waals surface area contributed by atoms with Crippen molar-refractivity contribution in [3.63, 3.8) is 0 Å². The number of hydrogen-bond donors (Lipinski definition) is 2. The molecule has 11 nitrogen and oxygen atoms in total. The summed E-state index contributed by atoms with van der Waals surface area (Å²) in [6.07, 6.45) is 0. The van der Waals surface area contributed by atoms with Gasteiger partial charge in [-0.05, 0) is 18.7 Å². The molecule has 2 aromatic carbocycles. The van der Waals surface area contributed by atoms with Crippen LogP contribution in [0.1, 0.15) is 11.5 Å². The highest BCUT2D eigenvalue weighted by atomic mass is 32.2. The number of sulfonamides is 1. The largest absolute Gasteiger partial charge is 0.466 e. The minimum atomic E-state index is -4.32. The minimum absolute atomic E-state index is 0.0848. The Labute approximate surface area is 219 Å². The van der Waals surface area contributed by atoms with E-state index in [1.807, 2.05) is 10.8 Å². The molecule has 1 unspecified atom stereocenters. The number of benzene rings is 2. The molecule has 1 atom stereocenters. The Kier molecular flexibility index (Phi) is 8.09. The Balaban J connectivity index is 2.56. The lowest BCUT2D eigenvalue weighted by molar-refractivity contribution is -0.139. The first kappa shape index (κ1) is 28.2. The van der Waals surface area contributed by atoms with Gasteiger partial charge in [0.15, 0.2) is 0 Å². The fourth-order valence-electron chi connectivity index (χ4n) is 4.15. The van der Waals surface area contributed by atoms with Crippen LogP contribution in [0.2, 0.25) is 0 Å². The van der Waals surface area contributed by atoms with Crippen molar-refractivity contribution in [1.29, 1.82) is 5.26 Å². The van der Waals surface area contributed by atoms with Crippen LogP contribution in [0.5, 0.6) is 0 Å². The lowest BCUT2D eigenvalue weighted by Gasteiger charge is -2.37. The highest BCUT2D eigenvalue weighted by Gasteiger charge is 2.44. The normalized spacial score (nSPS) is 15.7. The second-order valence-corrected chi connectivity index (χ2v) is 10.1. The molecule has 1 aliphatic heterocycles. The Morgan fingerprint density at radius 3 is 2.24 bits per heavy atom. The predicted octanol–water partition coefficient (Wildman–Crippen LogP) is 1.70. The lowest BCUT2D eigenvalue weighted by atomic mass is 9.81. The monoisotopic (exact) mass is 543 g/mol. The Bertz CT molecular complexity index is 1500. The molecule has 13 heteroatoms. The van der Waals surface area contributed by atoms with E-state index in [0.717, 1.165) is 38.3 Å². The highest BCUT2D eigenvalue weighted by Crippen LogP contribution is 2.46. The van der Waals surface area contributed by atoms with Crippen molar-refractivity contribution in [3.05, 3.63) is 76.5 Å². The molecule has 0 amide bonds. The second-order valence-electron chi connectivity index (χ2n) is 8.21. The zero-order valence-corrected chi connectivity index (χ0v) is 22.1. The Morgan fingerprint density at radius 1 is 1.13 bits per heavy atom. The van der Waals surface area contributed by atoms with Gasteiger partial charge < -0.3 is 20.1 Å². The van der Waals surface area contributed by atoms with Crippen LogP contribution in [0.25, 0.3) is 0 Å². The first-order valence-corrected chi connectivity index (χ1v) is 12.5. The molecule has 1 heterocycles. The van der Waals surface area contributed by atoms with Crippen LogP contribution in [-0.4, -0.2) is 55.7 Å². The first-order valence-electron chi connectivity index (χ1n) is 11.0. The van der Waals surface area contributed by atoms with E-state index >= 15 is 4.39 Å². The van der Waals surface area contributed by atoms with Gasteiger partial charge in [0, 0.05) is 20.2 Å². The molecular formula is C25H26FN5O6S. The third-order valence-corrected chi connectivity index (χ3v) is 7.35. The third-order valence-electron chi connectivity index (χ3n) is 5.92. The van der Waals surface area contributed by atoms with Gasteiger partial charge >= 0.3 is 11.9 Å². The number of nitrogens with two attached hydrogens (primary N) is 1. The molecule has 200 valence electrons. The molecule has 0 saturated carbocycles. The van der Waals surface area contributed by atoms with E-state index in [9.17, 15) is 23.3 Å². The number of nitriles is 1. The summed E-state index contributed by atoms with van der Waals surface area (Å²) in [6, 6.07) is 12.3. The Morgan fingerprint density at radius 2 is 1.74 bits per heavy atom. The van der Waals surface area contributed by atoms with Crippen molar-refractivity contribution < 1.29 is 31.9 Å². The average molecular weight is 544 g/mol. The number of esters is 2. The topological polar surface area (TPSA) is 155 Å². The van der Waals surface area contributed by atoms with Gasteiger partial charge in [0.05, 0.1) is 48.7 Å². The highest BCUT2D eigenvalue weighted by molar-refractivity contribution is 7.89. The number of hydrogen-bond acceptors (Lipinski definition) is 10. The maximum atomic E-state index is 15.0. The number of anilines is 2. The molecule has 3 N–H and O–H groups in total. The minimum Gasteiger partial charge on any atom is -0.466 e. The van der Waals surface area contributed by atoms with Gasteiger partial charge in [0.2, 0.25) is 10.0 Å². The van der Waals surface area contributed by atoms with Crippen molar-refractivity contribution in [2.24, 2.45) is 5.73 Å². The molecule has 0 fully saturated rings. The van der Waals surface area contributed by atoms with Gasteiger partial charge in [-0.15, -0.1) is 0 Å². The summed E-state index contributed by atoms with van der Waals surface area (Å²) in [5.74, 6) is -4.48. The average Bonchev–Trinajstić information content (AvgIpc) is 2.91. The number of ether oxygens (including phenoxy) is 2. The van der Waals surface area contributed by atoms with Crippen LogP contribution in [0.15, 0.2) is 70.0 Å². The van der Waals surface area contributed by atoms with Crippen LogP contribution < -0.4 is 20.3 Å². The van der Waals surface area contributed by atoms with Gasteiger partial charge in [0.1, 0.15) is 22.2 Å². The maximum absolute atomic E-state index is 15.0. The summed E-state index contributed by atoms with van der Waals surface area (Å²) < 4.78 is 52.2. The van der Waals surface area contributed by atoms with Gasteiger partial charge in [-0.3, -0.25) is 4.90 Å². The van der Waals surface area contributed by atoms with Crippen molar-refractivity contribution in [1.82, 2.24) is 4.72 Å². The number of allylic oxidation sites excluding steroid dienone is 1. The van der Waals surface area contributed by atoms with E-state index in [1.165, 1.54) is 4.90 Å². The lowest BCUT2D eigenvalue weighted by Crippen LogP contribution is -2.41. The molecule has 3 rings (SSSR count). The predicted molar refractivity (Wildman–Crippen MR) is 137 cm³/mol. The fourth-order valence-corrected chi connectivity index (χ4v) is 4.95. The van der Waals surface area contributed by atoms with Crippen molar-refractivity contribution in [2.75, 3.05) is 45.2 Å². The van der Waals surface area contributed by atoms with Crippen LogP contribution in [-0.2, 0) is 29.1 Å². The summed E-state index contributed by atoms with van der Waals surface area (Å²) in [5.41, 5.74) is 6.10. The number of halogens is 1. The molecule has 0 saturated heterocycles. The molecule has 0 radical (unpaired) electrons. The molecule has 38 heavy (non-hydrogen) atoms. The molecule has 0 aromatic heterocycles. The van der Waals surface area contributed by atoms with Crippen molar-refractivity contribution in [3.8, 4) is 6.07 Å². The zero-order valence-electron chi connectivity index (χ0n) is 21.3. The van der Waals surface area contributed by atoms with Crippen LogP contribution in [0, 0.1) is 17.1 Å². The molecule has 0 bridgehead atoms. The molecule has 2 aromatic rings. The number of carbonyl (C=O) groups is 2. The van der Waals surface area contributed by atoms with Gasteiger partial charge in [-0.2, -0.15) is 5.26 Å². The second kappa shape index (κ2) is 10.9. The van der Waals surface area contributed by atoms with E-state index in [0.29, 0.717) is 5.56 Å². The molecule has 1 aliphatic rings. The number of methoxy groups -OCH3 is 2. The van der Waals surface area contributed by atoms with Crippen molar-refractivity contribution >= 4 is 33.3 Å². The van der Waals surface area contributed by atoms with Gasteiger partial charge in [-0.1, -0.05) is 30.3 Å². The number of rotatable bonds is 7. The van der Waals surface area contributed by atoms with E-state index in [-0.39, 0.29) is 28.3 Å². The van der Waals surface area contributed by atoms with Crippen LogP contribution >= 0.6 is 0 Å². The summed E-state index contributed by atoms with van der Waals surface area (Å²) in [6.45, 7) is 0. The number of carbonyl (C=O) groups excluding carboxylic acids is 2. The summed E-state index contributed by atoms with van der Waals surface area (Å²) in [5, 5.41) is 10.2. The fraction of sp³-hybridized carbons (Fsp3) is 0.240. The summed E-state index contributed by atoms with van der Waals surface area (Å²) >= 11 is 0. The molecular weight excluding hydrogens is 517 g/mol. The van der Waals surface area contributed by atoms with Crippen molar-refractivity contribution in [2.45, 2.75) is 10.8 Å².